The molecule has 4 rings (SSSR count). The highest BCUT2D eigenvalue weighted by Gasteiger charge is 2.22. The summed E-state index contributed by atoms with van der Waals surface area (Å²) in [6.07, 6.45) is 2.44. The molecule has 0 saturated carbocycles. The van der Waals surface area contributed by atoms with Crippen molar-refractivity contribution < 1.29 is 23.9 Å². The Morgan fingerprint density at radius 2 is 1.84 bits per heavy atom. The van der Waals surface area contributed by atoms with E-state index in [1.807, 2.05) is 42.5 Å². The number of nitro groups is 1. The zero-order valence-electron chi connectivity index (χ0n) is 16.7. The van der Waals surface area contributed by atoms with Gasteiger partial charge >= 0.3 is 5.97 Å². The number of carbonyl (C=O) groups excluding carboxylic acids is 1. The van der Waals surface area contributed by atoms with Crippen molar-refractivity contribution in [2.45, 2.75) is 6.61 Å². The summed E-state index contributed by atoms with van der Waals surface area (Å²) in [6.45, 7) is 0.0230. The smallest absolute Gasteiger partial charge is 0.331 e. The Balaban J connectivity index is 1.41. The maximum Gasteiger partial charge on any atom is 0.331 e. The van der Waals surface area contributed by atoms with Crippen molar-refractivity contribution in [1.82, 2.24) is 0 Å². The van der Waals surface area contributed by atoms with Gasteiger partial charge in [0.2, 0.25) is 6.79 Å². The molecule has 158 valence electrons. The Morgan fingerprint density at radius 1 is 1.12 bits per heavy atom. The largest absolute Gasteiger partial charge is 0.458 e. The van der Waals surface area contributed by atoms with E-state index in [4.69, 9.17) is 14.2 Å². The molecule has 8 nitrogen and oxygen atoms in total. The molecule has 0 N–H and O–H groups in total. The molecule has 32 heavy (non-hydrogen) atoms. The third-order valence-corrected chi connectivity index (χ3v) is 4.81. The molecule has 8 heteroatoms. The summed E-state index contributed by atoms with van der Waals surface area (Å²) in [6, 6.07) is 19.5. The van der Waals surface area contributed by atoms with Crippen LogP contribution in [-0.4, -0.2) is 17.7 Å². The van der Waals surface area contributed by atoms with Crippen molar-refractivity contribution in [2.75, 3.05) is 6.79 Å². The van der Waals surface area contributed by atoms with Crippen molar-refractivity contribution in [3.63, 3.8) is 0 Å². The van der Waals surface area contributed by atoms with Gasteiger partial charge in [-0.3, -0.25) is 10.1 Å². The molecule has 0 saturated heterocycles. The zero-order valence-corrected chi connectivity index (χ0v) is 16.7. The number of fused-ring (bicyclic) bond motifs is 1. The summed E-state index contributed by atoms with van der Waals surface area (Å²) >= 11 is 0. The van der Waals surface area contributed by atoms with Crippen LogP contribution in [0.5, 0.6) is 11.5 Å². The molecular formula is C24H16N2O6. The molecule has 0 bridgehead atoms. The fourth-order valence-electron chi connectivity index (χ4n) is 3.21. The molecule has 3 aromatic carbocycles. The first-order chi connectivity index (χ1) is 15.5. The van der Waals surface area contributed by atoms with Gasteiger partial charge in [-0.2, -0.15) is 5.26 Å². The Bertz CT molecular complexity index is 1260. The van der Waals surface area contributed by atoms with Gasteiger partial charge in [0, 0.05) is 6.08 Å². The molecule has 1 aliphatic rings. The molecule has 0 radical (unpaired) electrons. The van der Waals surface area contributed by atoms with Crippen molar-refractivity contribution >= 4 is 17.7 Å². The van der Waals surface area contributed by atoms with Crippen LogP contribution in [0.3, 0.4) is 0 Å². The summed E-state index contributed by atoms with van der Waals surface area (Å²) in [5.41, 5.74) is 3.05. The van der Waals surface area contributed by atoms with Gasteiger partial charge in [0.15, 0.2) is 11.5 Å². The molecule has 0 fully saturated rings. The fraction of sp³-hybridized carbons (Fsp3) is 0.0833. The third-order valence-electron chi connectivity index (χ3n) is 4.81. The Hall–Kier alpha value is -4.64. The number of rotatable bonds is 6. The topological polar surface area (TPSA) is 112 Å². The van der Waals surface area contributed by atoms with E-state index in [9.17, 15) is 20.2 Å². The predicted octanol–water partition coefficient (Wildman–Crippen LogP) is 4.62. The molecule has 0 unspecified atom stereocenters. The van der Waals surface area contributed by atoms with Crippen LogP contribution in [0.4, 0.5) is 5.69 Å². The van der Waals surface area contributed by atoms with E-state index >= 15 is 0 Å². The summed E-state index contributed by atoms with van der Waals surface area (Å²) in [5.74, 6) is 0.0230. The summed E-state index contributed by atoms with van der Waals surface area (Å²) in [4.78, 5) is 22.8. The first-order valence-electron chi connectivity index (χ1n) is 9.56. The second kappa shape index (κ2) is 9.02. The van der Waals surface area contributed by atoms with E-state index in [1.165, 1.54) is 18.2 Å². The van der Waals surface area contributed by atoms with E-state index in [0.717, 1.165) is 22.8 Å². The Kier molecular flexibility index (Phi) is 5.81. The molecule has 0 atom stereocenters. The number of nitriles is 1. The van der Waals surface area contributed by atoms with Crippen LogP contribution in [0.1, 0.15) is 16.7 Å². The number of ether oxygens (including phenoxy) is 3. The number of nitro benzene ring substituents is 1. The van der Waals surface area contributed by atoms with Gasteiger partial charge in [0.25, 0.3) is 5.69 Å². The Morgan fingerprint density at radius 3 is 2.56 bits per heavy atom. The standard InChI is InChI=1S/C24H16N2O6/c25-13-19-3-1-2-4-20(19)17-7-5-16(6-8-17)14-30-24(27)10-9-18-11-22-23(32-15-31-22)12-21(18)26(28)29/h1-12H,14-15H2/b10-9+. The molecule has 1 heterocycles. The first-order valence-corrected chi connectivity index (χ1v) is 9.56. The van der Waals surface area contributed by atoms with Gasteiger partial charge in [-0.05, 0) is 34.9 Å². The average Bonchev–Trinajstić information content (AvgIpc) is 3.28. The molecule has 1 aliphatic heterocycles. The molecule has 0 aliphatic carbocycles. The Labute approximate surface area is 183 Å². The second-order valence-electron chi connectivity index (χ2n) is 6.82. The number of hydrogen-bond donors (Lipinski definition) is 0. The summed E-state index contributed by atoms with van der Waals surface area (Å²) < 4.78 is 15.6. The van der Waals surface area contributed by atoms with Crippen LogP contribution in [0.15, 0.2) is 66.7 Å². The lowest BCUT2D eigenvalue weighted by molar-refractivity contribution is -0.385. The van der Waals surface area contributed by atoms with Crippen LogP contribution in [0.25, 0.3) is 17.2 Å². The third kappa shape index (κ3) is 4.42. The lowest BCUT2D eigenvalue weighted by atomic mass is 9.99. The average molecular weight is 428 g/mol. The maximum absolute atomic E-state index is 12.1. The maximum atomic E-state index is 12.1. The number of hydrogen-bond acceptors (Lipinski definition) is 7. The highest BCUT2D eigenvalue weighted by atomic mass is 16.7. The van der Waals surface area contributed by atoms with E-state index in [1.54, 1.807) is 6.07 Å². The zero-order chi connectivity index (χ0) is 22.5. The molecule has 3 aromatic rings. The van der Waals surface area contributed by atoms with Crippen LogP contribution in [0.2, 0.25) is 0 Å². The lowest BCUT2D eigenvalue weighted by Gasteiger charge is -2.06. The number of nitrogens with zero attached hydrogens (tertiary/aromatic N) is 2. The van der Waals surface area contributed by atoms with Crippen LogP contribution in [-0.2, 0) is 16.1 Å². The van der Waals surface area contributed by atoms with Crippen molar-refractivity contribution in [3.05, 3.63) is 93.5 Å². The van der Waals surface area contributed by atoms with E-state index in [-0.39, 0.29) is 30.4 Å². The fourth-order valence-corrected chi connectivity index (χ4v) is 3.21. The van der Waals surface area contributed by atoms with Crippen molar-refractivity contribution in [2.24, 2.45) is 0 Å². The highest BCUT2D eigenvalue weighted by Crippen LogP contribution is 2.38. The van der Waals surface area contributed by atoms with Gasteiger partial charge in [-0.25, -0.2) is 4.79 Å². The van der Waals surface area contributed by atoms with Gasteiger partial charge in [-0.1, -0.05) is 42.5 Å². The predicted molar refractivity (Wildman–Crippen MR) is 115 cm³/mol. The van der Waals surface area contributed by atoms with E-state index in [2.05, 4.69) is 6.07 Å². The number of esters is 1. The van der Waals surface area contributed by atoms with Gasteiger partial charge < -0.3 is 14.2 Å². The lowest BCUT2D eigenvalue weighted by Crippen LogP contribution is -2.01. The minimum atomic E-state index is -0.643. The second-order valence-corrected chi connectivity index (χ2v) is 6.82. The molecule has 0 spiro atoms. The summed E-state index contributed by atoms with van der Waals surface area (Å²) in [7, 11) is 0. The van der Waals surface area contributed by atoms with E-state index < -0.39 is 10.9 Å². The van der Waals surface area contributed by atoms with Gasteiger partial charge in [-0.15, -0.1) is 0 Å². The van der Waals surface area contributed by atoms with E-state index in [0.29, 0.717) is 11.3 Å². The highest BCUT2D eigenvalue weighted by molar-refractivity contribution is 5.88. The van der Waals surface area contributed by atoms with Crippen LogP contribution >= 0.6 is 0 Å². The minimum Gasteiger partial charge on any atom is -0.458 e. The molecule has 0 aromatic heterocycles. The minimum absolute atomic E-state index is 0.0113. The van der Waals surface area contributed by atoms with Crippen LogP contribution < -0.4 is 9.47 Å². The monoisotopic (exact) mass is 428 g/mol. The molecule has 0 amide bonds. The van der Waals surface area contributed by atoms with Crippen molar-refractivity contribution in [3.8, 4) is 28.7 Å². The molecular weight excluding hydrogens is 412 g/mol. The number of carbonyl (C=O) groups is 1. The number of benzene rings is 3. The van der Waals surface area contributed by atoms with Crippen molar-refractivity contribution in [1.29, 1.82) is 5.26 Å². The normalized spacial score (nSPS) is 11.8. The SMILES string of the molecule is N#Cc1ccccc1-c1ccc(COC(=O)/C=C/c2cc3c(cc2[N+](=O)[O-])OCO3)cc1. The van der Waals surface area contributed by atoms with Crippen LogP contribution in [0, 0.1) is 21.4 Å². The first kappa shape index (κ1) is 20.6. The summed E-state index contributed by atoms with van der Waals surface area (Å²) in [5, 5.41) is 20.5. The van der Waals surface area contributed by atoms with Gasteiger partial charge in [0.05, 0.1) is 28.2 Å². The van der Waals surface area contributed by atoms with Gasteiger partial charge in [0.1, 0.15) is 6.61 Å². The quantitative estimate of drug-likeness (QED) is 0.244.